The van der Waals surface area contributed by atoms with Crippen molar-refractivity contribution in [1.29, 1.82) is 0 Å². The lowest BCUT2D eigenvalue weighted by molar-refractivity contribution is -0.174. The first-order chi connectivity index (χ1) is 10.7. The number of aryl methyl sites for hydroxylation is 1. The Morgan fingerprint density at radius 3 is 2.65 bits per heavy atom. The van der Waals surface area contributed by atoms with Crippen molar-refractivity contribution in [3.8, 4) is 0 Å². The fourth-order valence-corrected chi connectivity index (χ4v) is 5.57. The van der Waals surface area contributed by atoms with Crippen molar-refractivity contribution in [1.82, 2.24) is 0 Å². The molecule has 3 nitrogen and oxygen atoms in total. The van der Waals surface area contributed by atoms with E-state index in [4.69, 9.17) is 4.42 Å². The minimum atomic E-state index is -0.869. The van der Waals surface area contributed by atoms with E-state index >= 15 is 0 Å². The highest BCUT2D eigenvalue weighted by Gasteiger charge is 2.61. The van der Waals surface area contributed by atoms with Crippen LogP contribution in [0.2, 0.25) is 0 Å². The number of aliphatic hydroxyl groups is 2. The highest BCUT2D eigenvalue weighted by atomic mass is 16.3. The van der Waals surface area contributed by atoms with Crippen molar-refractivity contribution >= 4 is 0 Å². The van der Waals surface area contributed by atoms with Crippen LogP contribution < -0.4 is 0 Å². The van der Waals surface area contributed by atoms with Crippen molar-refractivity contribution < 1.29 is 14.6 Å². The zero-order chi connectivity index (χ0) is 16.9. The van der Waals surface area contributed by atoms with Gasteiger partial charge in [0.05, 0.1) is 24.2 Å². The van der Waals surface area contributed by atoms with Gasteiger partial charge in [-0.1, -0.05) is 33.3 Å². The molecule has 0 amide bonds. The van der Waals surface area contributed by atoms with E-state index in [1.165, 1.54) is 0 Å². The summed E-state index contributed by atoms with van der Waals surface area (Å²) in [6.45, 7) is 8.64. The summed E-state index contributed by atoms with van der Waals surface area (Å²) in [6, 6.07) is 1.96. The SMILES string of the molecule is CC1=C[C@@H](O)C2C(C)(C)CCC[C@]2(C)[C@@]1(O)CCc1ccoc1. The number of rotatable bonds is 3. The van der Waals surface area contributed by atoms with Gasteiger partial charge < -0.3 is 14.6 Å². The Morgan fingerprint density at radius 2 is 2.00 bits per heavy atom. The molecule has 0 spiro atoms. The summed E-state index contributed by atoms with van der Waals surface area (Å²) in [4.78, 5) is 0. The van der Waals surface area contributed by atoms with Gasteiger partial charge in [0.25, 0.3) is 0 Å². The lowest BCUT2D eigenvalue weighted by atomic mass is 9.45. The third kappa shape index (κ3) is 2.49. The van der Waals surface area contributed by atoms with Crippen LogP contribution in [0.3, 0.4) is 0 Å². The summed E-state index contributed by atoms with van der Waals surface area (Å²) in [5.74, 6) is 0.0850. The molecule has 1 unspecified atom stereocenters. The molecule has 1 heterocycles. The second-order valence-corrected chi connectivity index (χ2v) is 8.57. The van der Waals surface area contributed by atoms with E-state index < -0.39 is 11.7 Å². The van der Waals surface area contributed by atoms with Gasteiger partial charge in [-0.2, -0.15) is 0 Å². The van der Waals surface area contributed by atoms with E-state index in [-0.39, 0.29) is 16.7 Å². The molecule has 3 heteroatoms. The van der Waals surface area contributed by atoms with E-state index in [1.54, 1.807) is 12.5 Å². The van der Waals surface area contributed by atoms with Crippen LogP contribution in [0.15, 0.2) is 34.7 Å². The highest BCUT2D eigenvalue weighted by Crippen LogP contribution is 2.62. The predicted octanol–water partition coefficient (Wildman–Crippen LogP) is 4.10. The molecule has 0 aliphatic heterocycles. The van der Waals surface area contributed by atoms with Gasteiger partial charge in [-0.15, -0.1) is 0 Å². The second kappa shape index (κ2) is 5.49. The van der Waals surface area contributed by atoms with Crippen molar-refractivity contribution in [2.75, 3.05) is 0 Å². The Kier molecular flexibility index (Phi) is 4.01. The summed E-state index contributed by atoms with van der Waals surface area (Å²) in [5.41, 5.74) is 0.910. The molecule has 2 aliphatic carbocycles. The molecular formula is C20H30O3. The van der Waals surface area contributed by atoms with Crippen molar-refractivity contribution in [2.24, 2.45) is 16.7 Å². The molecule has 1 saturated carbocycles. The maximum atomic E-state index is 11.7. The fourth-order valence-electron chi connectivity index (χ4n) is 5.57. The summed E-state index contributed by atoms with van der Waals surface area (Å²) in [5, 5.41) is 22.5. The van der Waals surface area contributed by atoms with E-state index in [0.29, 0.717) is 6.42 Å². The average Bonchev–Trinajstić information content (AvgIpc) is 2.95. The third-order valence-corrected chi connectivity index (χ3v) is 6.76. The molecule has 4 atom stereocenters. The molecule has 128 valence electrons. The molecule has 23 heavy (non-hydrogen) atoms. The number of aliphatic hydroxyl groups excluding tert-OH is 1. The Hall–Kier alpha value is -1.06. The van der Waals surface area contributed by atoms with Crippen LogP contribution in [0.1, 0.15) is 58.9 Å². The molecule has 1 aromatic rings. The first-order valence-electron chi connectivity index (χ1n) is 8.81. The largest absolute Gasteiger partial charge is 0.472 e. The predicted molar refractivity (Wildman–Crippen MR) is 91.0 cm³/mol. The van der Waals surface area contributed by atoms with Gasteiger partial charge in [-0.3, -0.25) is 0 Å². The van der Waals surface area contributed by atoms with Crippen LogP contribution >= 0.6 is 0 Å². The van der Waals surface area contributed by atoms with Gasteiger partial charge >= 0.3 is 0 Å². The minimum absolute atomic E-state index is 0.0350. The number of fused-ring (bicyclic) bond motifs is 1. The first-order valence-corrected chi connectivity index (χ1v) is 8.81. The van der Waals surface area contributed by atoms with Crippen molar-refractivity contribution in [2.45, 2.75) is 71.5 Å². The zero-order valence-electron chi connectivity index (χ0n) is 14.8. The molecule has 0 aromatic carbocycles. The third-order valence-electron chi connectivity index (χ3n) is 6.76. The Morgan fingerprint density at radius 1 is 1.26 bits per heavy atom. The summed E-state index contributed by atoms with van der Waals surface area (Å²) in [6.07, 6.45) is 9.50. The number of furan rings is 1. The molecule has 0 saturated heterocycles. The molecule has 2 N–H and O–H groups in total. The second-order valence-electron chi connectivity index (χ2n) is 8.57. The average molecular weight is 318 g/mol. The Bertz CT molecular complexity index is 586. The normalized spacial score (nSPS) is 39.7. The molecule has 0 bridgehead atoms. The van der Waals surface area contributed by atoms with Gasteiger partial charge in [-0.25, -0.2) is 0 Å². The zero-order valence-corrected chi connectivity index (χ0v) is 14.8. The molecular weight excluding hydrogens is 288 g/mol. The van der Waals surface area contributed by atoms with Crippen LogP contribution in [-0.4, -0.2) is 21.9 Å². The number of hydrogen-bond acceptors (Lipinski definition) is 3. The van der Waals surface area contributed by atoms with Gasteiger partial charge in [0, 0.05) is 11.3 Å². The smallest absolute Gasteiger partial charge is 0.0934 e. The lowest BCUT2D eigenvalue weighted by Gasteiger charge is -2.61. The van der Waals surface area contributed by atoms with Crippen molar-refractivity contribution in [3.05, 3.63) is 35.8 Å². The lowest BCUT2D eigenvalue weighted by Crippen LogP contribution is -2.62. The van der Waals surface area contributed by atoms with E-state index in [0.717, 1.165) is 36.8 Å². The van der Waals surface area contributed by atoms with Gasteiger partial charge in [0.2, 0.25) is 0 Å². The summed E-state index contributed by atoms with van der Waals surface area (Å²) >= 11 is 0. The van der Waals surface area contributed by atoms with E-state index in [2.05, 4.69) is 20.8 Å². The Labute approximate surface area is 139 Å². The number of hydrogen-bond donors (Lipinski definition) is 2. The molecule has 3 rings (SSSR count). The van der Waals surface area contributed by atoms with Gasteiger partial charge in [0.15, 0.2) is 0 Å². The van der Waals surface area contributed by atoms with Crippen LogP contribution in [-0.2, 0) is 6.42 Å². The molecule has 1 fully saturated rings. The van der Waals surface area contributed by atoms with Crippen LogP contribution in [0, 0.1) is 16.7 Å². The Balaban J connectivity index is 1.98. The fraction of sp³-hybridized carbons (Fsp3) is 0.700. The molecule has 1 aromatic heterocycles. The maximum Gasteiger partial charge on any atom is 0.0934 e. The van der Waals surface area contributed by atoms with Gasteiger partial charge in [-0.05, 0) is 55.2 Å². The summed E-state index contributed by atoms with van der Waals surface area (Å²) < 4.78 is 5.16. The van der Waals surface area contributed by atoms with Crippen molar-refractivity contribution in [3.63, 3.8) is 0 Å². The first kappa shape index (κ1) is 16.8. The monoisotopic (exact) mass is 318 g/mol. The molecule has 0 radical (unpaired) electrons. The maximum absolute atomic E-state index is 11.7. The quantitative estimate of drug-likeness (QED) is 0.825. The standard InChI is InChI=1S/C20H30O3/c1-14-12-16(21)17-18(2,3)8-5-9-19(17,4)20(14,22)10-6-15-7-11-23-13-15/h7,11-13,16-17,21-22H,5-6,8-10H2,1-4H3/t16-,17?,19+,20-/m1/s1. The summed E-state index contributed by atoms with van der Waals surface area (Å²) in [7, 11) is 0. The van der Waals surface area contributed by atoms with Crippen LogP contribution in [0.25, 0.3) is 0 Å². The van der Waals surface area contributed by atoms with E-state index in [9.17, 15) is 10.2 Å². The minimum Gasteiger partial charge on any atom is -0.472 e. The molecule has 2 aliphatic rings. The highest BCUT2D eigenvalue weighted by molar-refractivity contribution is 5.30. The van der Waals surface area contributed by atoms with E-state index in [1.807, 2.05) is 19.1 Å². The van der Waals surface area contributed by atoms with Crippen LogP contribution in [0.5, 0.6) is 0 Å². The van der Waals surface area contributed by atoms with Crippen LogP contribution in [0.4, 0.5) is 0 Å². The topological polar surface area (TPSA) is 53.6 Å². The van der Waals surface area contributed by atoms with Gasteiger partial charge in [0.1, 0.15) is 0 Å².